The van der Waals surface area contributed by atoms with E-state index >= 15 is 0 Å². The Kier molecular flexibility index (Phi) is 4.12. The smallest absolute Gasteiger partial charge is 0.229 e. The lowest BCUT2D eigenvalue weighted by atomic mass is 10.2. The molecular formula is C16H20N6O. The van der Waals surface area contributed by atoms with Gasteiger partial charge in [-0.15, -0.1) is 0 Å². The van der Waals surface area contributed by atoms with Crippen molar-refractivity contribution in [3.05, 3.63) is 36.3 Å². The summed E-state index contributed by atoms with van der Waals surface area (Å²) in [4.78, 5) is 15.2. The second kappa shape index (κ2) is 6.21. The molecule has 2 heterocycles. The number of nitrogens with one attached hydrogen (secondary N) is 1. The van der Waals surface area contributed by atoms with Crippen LogP contribution in [0, 0.1) is 6.92 Å². The molecule has 0 fully saturated rings. The average Bonchev–Trinajstić information content (AvgIpc) is 2.92. The van der Waals surface area contributed by atoms with Crippen LogP contribution in [0.5, 0.6) is 0 Å². The standard InChI is InChI=1S/C16H20N6O/c1-11-9-17-16(20-15(11)21(2)3)19-12-4-5-14-13(8-12)18-10-22(14)6-7-23/h4-5,8-10,23H,6-7H2,1-3H3,(H,17,19,20). The van der Waals surface area contributed by atoms with Gasteiger partial charge in [0.15, 0.2) is 0 Å². The van der Waals surface area contributed by atoms with Crippen LogP contribution < -0.4 is 10.2 Å². The largest absolute Gasteiger partial charge is 0.395 e. The number of benzene rings is 1. The zero-order chi connectivity index (χ0) is 16.4. The van der Waals surface area contributed by atoms with Gasteiger partial charge in [0.25, 0.3) is 0 Å². The molecule has 0 atom stereocenters. The molecule has 2 aromatic heterocycles. The minimum atomic E-state index is 0.0932. The van der Waals surface area contributed by atoms with Crippen molar-refractivity contribution in [2.45, 2.75) is 13.5 Å². The van der Waals surface area contributed by atoms with Crippen molar-refractivity contribution in [2.75, 3.05) is 30.9 Å². The van der Waals surface area contributed by atoms with Crippen molar-refractivity contribution in [3.8, 4) is 0 Å². The molecule has 0 saturated carbocycles. The third-order valence-corrected chi connectivity index (χ3v) is 3.59. The normalized spacial score (nSPS) is 11.0. The first-order valence-electron chi connectivity index (χ1n) is 7.42. The Morgan fingerprint density at radius 2 is 2.09 bits per heavy atom. The number of aliphatic hydroxyl groups excluding tert-OH is 1. The lowest BCUT2D eigenvalue weighted by Gasteiger charge is -2.15. The van der Waals surface area contributed by atoms with Crippen LogP contribution in [0.15, 0.2) is 30.7 Å². The van der Waals surface area contributed by atoms with Crippen molar-refractivity contribution in [1.29, 1.82) is 0 Å². The molecule has 7 heteroatoms. The highest BCUT2D eigenvalue weighted by Gasteiger charge is 2.08. The van der Waals surface area contributed by atoms with Gasteiger partial charge in [0, 0.05) is 38.1 Å². The van der Waals surface area contributed by atoms with Crippen LogP contribution in [0.25, 0.3) is 11.0 Å². The van der Waals surface area contributed by atoms with E-state index in [1.807, 2.05) is 48.7 Å². The van der Waals surface area contributed by atoms with Gasteiger partial charge in [-0.3, -0.25) is 0 Å². The number of aryl methyl sites for hydroxylation is 1. The van der Waals surface area contributed by atoms with E-state index in [4.69, 9.17) is 5.11 Å². The van der Waals surface area contributed by atoms with Gasteiger partial charge in [0.2, 0.25) is 5.95 Å². The van der Waals surface area contributed by atoms with E-state index in [9.17, 15) is 0 Å². The van der Waals surface area contributed by atoms with Gasteiger partial charge in [0.1, 0.15) is 5.82 Å². The minimum Gasteiger partial charge on any atom is -0.395 e. The van der Waals surface area contributed by atoms with Crippen molar-refractivity contribution in [2.24, 2.45) is 0 Å². The van der Waals surface area contributed by atoms with Gasteiger partial charge in [-0.1, -0.05) is 0 Å². The molecule has 0 saturated heterocycles. The number of rotatable bonds is 5. The quantitative estimate of drug-likeness (QED) is 0.749. The third-order valence-electron chi connectivity index (χ3n) is 3.59. The van der Waals surface area contributed by atoms with E-state index < -0.39 is 0 Å². The predicted octanol–water partition coefficient (Wildman–Crippen LogP) is 1.94. The van der Waals surface area contributed by atoms with Crippen molar-refractivity contribution < 1.29 is 5.11 Å². The van der Waals surface area contributed by atoms with Gasteiger partial charge < -0.3 is 19.9 Å². The molecule has 0 aliphatic heterocycles. The lowest BCUT2D eigenvalue weighted by Crippen LogP contribution is -2.13. The Labute approximate surface area is 134 Å². The third kappa shape index (κ3) is 3.09. The number of fused-ring (bicyclic) bond motifs is 1. The molecule has 0 bridgehead atoms. The fraction of sp³-hybridized carbons (Fsp3) is 0.312. The van der Waals surface area contributed by atoms with E-state index in [0.717, 1.165) is 28.1 Å². The molecule has 1 aromatic carbocycles. The maximum atomic E-state index is 9.06. The summed E-state index contributed by atoms with van der Waals surface area (Å²) in [5, 5.41) is 12.3. The first-order valence-corrected chi connectivity index (χ1v) is 7.42. The molecule has 2 N–H and O–H groups in total. The maximum absolute atomic E-state index is 9.06. The first-order chi connectivity index (χ1) is 11.1. The van der Waals surface area contributed by atoms with Crippen LogP contribution in [0.2, 0.25) is 0 Å². The minimum absolute atomic E-state index is 0.0932. The summed E-state index contributed by atoms with van der Waals surface area (Å²) in [6.45, 7) is 2.62. The van der Waals surface area contributed by atoms with Crippen LogP contribution in [0.4, 0.5) is 17.5 Å². The van der Waals surface area contributed by atoms with Gasteiger partial charge in [0.05, 0.1) is 24.0 Å². The number of anilines is 3. The monoisotopic (exact) mass is 312 g/mol. The number of imidazole rings is 1. The van der Waals surface area contributed by atoms with Crippen molar-refractivity contribution in [3.63, 3.8) is 0 Å². The summed E-state index contributed by atoms with van der Waals surface area (Å²) >= 11 is 0. The van der Waals surface area contributed by atoms with E-state index in [0.29, 0.717) is 12.5 Å². The predicted molar refractivity (Wildman–Crippen MR) is 91.2 cm³/mol. The van der Waals surface area contributed by atoms with Gasteiger partial charge >= 0.3 is 0 Å². The average molecular weight is 312 g/mol. The van der Waals surface area contributed by atoms with E-state index in [2.05, 4.69) is 20.3 Å². The SMILES string of the molecule is Cc1cnc(Nc2ccc3c(c2)ncn3CCO)nc1N(C)C. The second-order valence-corrected chi connectivity index (χ2v) is 5.58. The second-order valence-electron chi connectivity index (χ2n) is 5.58. The van der Waals surface area contributed by atoms with Crippen LogP contribution >= 0.6 is 0 Å². The van der Waals surface area contributed by atoms with Gasteiger partial charge in [-0.25, -0.2) is 9.97 Å². The fourth-order valence-electron chi connectivity index (χ4n) is 2.50. The topological polar surface area (TPSA) is 79.1 Å². The highest BCUT2D eigenvalue weighted by molar-refractivity contribution is 5.80. The maximum Gasteiger partial charge on any atom is 0.229 e. The molecule has 0 spiro atoms. The Morgan fingerprint density at radius 3 is 2.83 bits per heavy atom. The molecule has 7 nitrogen and oxygen atoms in total. The summed E-state index contributed by atoms with van der Waals surface area (Å²) in [7, 11) is 3.91. The van der Waals surface area contributed by atoms with Crippen LogP contribution in [0.1, 0.15) is 5.56 Å². The summed E-state index contributed by atoms with van der Waals surface area (Å²) in [6.07, 6.45) is 3.54. The number of aromatic nitrogens is 4. The van der Waals surface area contributed by atoms with E-state index in [1.165, 1.54) is 0 Å². The zero-order valence-corrected chi connectivity index (χ0v) is 13.5. The van der Waals surface area contributed by atoms with E-state index in [-0.39, 0.29) is 6.61 Å². The van der Waals surface area contributed by atoms with Crippen LogP contribution in [0.3, 0.4) is 0 Å². The molecule has 23 heavy (non-hydrogen) atoms. The number of hydrogen-bond donors (Lipinski definition) is 2. The summed E-state index contributed by atoms with van der Waals surface area (Å²) < 4.78 is 1.92. The highest BCUT2D eigenvalue weighted by atomic mass is 16.3. The molecule has 3 aromatic rings. The van der Waals surface area contributed by atoms with Gasteiger partial charge in [-0.2, -0.15) is 4.98 Å². The molecule has 0 amide bonds. The van der Waals surface area contributed by atoms with Crippen molar-refractivity contribution >= 4 is 28.5 Å². The lowest BCUT2D eigenvalue weighted by molar-refractivity contribution is 0.278. The molecule has 0 aliphatic carbocycles. The molecule has 0 radical (unpaired) electrons. The Bertz CT molecular complexity index is 827. The highest BCUT2D eigenvalue weighted by Crippen LogP contribution is 2.22. The summed E-state index contributed by atoms with van der Waals surface area (Å²) in [5.41, 5.74) is 3.76. The Morgan fingerprint density at radius 1 is 1.26 bits per heavy atom. The van der Waals surface area contributed by atoms with Crippen LogP contribution in [-0.4, -0.2) is 45.3 Å². The van der Waals surface area contributed by atoms with Crippen LogP contribution in [-0.2, 0) is 6.54 Å². The number of hydrogen-bond acceptors (Lipinski definition) is 6. The summed E-state index contributed by atoms with van der Waals surface area (Å²) in [5.74, 6) is 1.43. The number of nitrogens with zero attached hydrogens (tertiary/aromatic N) is 5. The molecule has 120 valence electrons. The van der Waals surface area contributed by atoms with Crippen molar-refractivity contribution in [1.82, 2.24) is 19.5 Å². The zero-order valence-electron chi connectivity index (χ0n) is 13.5. The van der Waals surface area contributed by atoms with Gasteiger partial charge in [-0.05, 0) is 25.1 Å². The Hall–Kier alpha value is -2.67. The molecule has 3 rings (SSSR count). The first kappa shape index (κ1) is 15.2. The Balaban J connectivity index is 1.88. The van der Waals surface area contributed by atoms with E-state index in [1.54, 1.807) is 12.5 Å². The molecule has 0 unspecified atom stereocenters. The molecular weight excluding hydrogens is 292 g/mol. The summed E-state index contributed by atoms with van der Waals surface area (Å²) in [6, 6.07) is 5.87. The number of aliphatic hydroxyl groups is 1. The fourth-order valence-corrected chi connectivity index (χ4v) is 2.50. The molecule has 0 aliphatic rings.